The Morgan fingerprint density at radius 2 is 1.82 bits per heavy atom. The van der Waals surface area contributed by atoms with E-state index in [1.54, 1.807) is 31.2 Å². The molecule has 0 aliphatic rings. The number of aryl methyl sites for hydroxylation is 2. The largest absolute Gasteiger partial charge is 0.489 e. The van der Waals surface area contributed by atoms with Crippen LogP contribution in [-0.2, 0) is 27.4 Å². The van der Waals surface area contributed by atoms with Gasteiger partial charge in [0.25, 0.3) is 5.91 Å². The predicted octanol–water partition coefficient (Wildman–Crippen LogP) is 3.26. The maximum absolute atomic E-state index is 12.1. The Bertz CT molecular complexity index is 799. The van der Waals surface area contributed by atoms with Crippen LogP contribution in [0.4, 0.5) is 0 Å². The Morgan fingerprint density at radius 1 is 1.18 bits per heavy atom. The molecular formula is C21H28N2O5. The first-order chi connectivity index (χ1) is 13.0. The molecule has 2 aromatic rings. The van der Waals surface area contributed by atoms with Crippen LogP contribution >= 0.6 is 0 Å². The summed E-state index contributed by atoms with van der Waals surface area (Å²) >= 11 is 0. The lowest BCUT2D eigenvalue weighted by molar-refractivity contribution is -0.154. The smallest absolute Gasteiger partial charge is 0.311 e. The molecule has 0 bridgehead atoms. The molecule has 0 unspecified atom stereocenters. The number of esters is 1. The van der Waals surface area contributed by atoms with Crippen LogP contribution in [0.25, 0.3) is 0 Å². The topological polar surface area (TPSA) is 90.7 Å². The molecule has 0 radical (unpaired) electrons. The normalized spacial score (nSPS) is 12.4. The van der Waals surface area contributed by atoms with Crippen LogP contribution in [0.15, 0.2) is 28.8 Å². The molecule has 1 aromatic carbocycles. The third-order valence-corrected chi connectivity index (χ3v) is 4.01. The van der Waals surface area contributed by atoms with E-state index >= 15 is 0 Å². The quantitative estimate of drug-likeness (QED) is 0.732. The zero-order valence-electron chi connectivity index (χ0n) is 17.3. The molecular weight excluding hydrogens is 360 g/mol. The van der Waals surface area contributed by atoms with Gasteiger partial charge in [-0.3, -0.25) is 9.59 Å². The highest BCUT2D eigenvalue weighted by Gasteiger charge is 2.22. The summed E-state index contributed by atoms with van der Waals surface area (Å²) in [4.78, 5) is 24.1. The molecule has 0 aliphatic heterocycles. The van der Waals surface area contributed by atoms with E-state index in [-0.39, 0.29) is 17.9 Å². The monoisotopic (exact) mass is 388 g/mol. The minimum atomic E-state index is -0.843. The third kappa shape index (κ3) is 6.40. The van der Waals surface area contributed by atoms with Crippen LogP contribution in [0.3, 0.4) is 0 Å². The number of carbonyl (C=O) groups is 2. The number of nitrogens with zero attached hydrogens (tertiary/aromatic N) is 1. The van der Waals surface area contributed by atoms with Gasteiger partial charge in [-0.05, 0) is 59.2 Å². The van der Waals surface area contributed by atoms with Crippen molar-refractivity contribution in [1.82, 2.24) is 10.5 Å². The molecule has 1 atom stereocenters. The predicted molar refractivity (Wildman–Crippen MR) is 104 cm³/mol. The van der Waals surface area contributed by atoms with Crippen molar-refractivity contribution >= 4 is 11.9 Å². The van der Waals surface area contributed by atoms with Crippen molar-refractivity contribution in [3.63, 3.8) is 0 Å². The zero-order valence-corrected chi connectivity index (χ0v) is 17.3. The highest BCUT2D eigenvalue weighted by atomic mass is 16.5. The summed E-state index contributed by atoms with van der Waals surface area (Å²) in [6.45, 7) is 11.2. The Morgan fingerprint density at radius 3 is 2.36 bits per heavy atom. The second-order valence-electron chi connectivity index (χ2n) is 7.78. The van der Waals surface area contributed by atoms with Gasteiger partial charge in [-0.2, -0.15) is 0 Å². The van der Waals surface area contributed by atoms with E-state index in [1.165, 1.54) is 0 Å². The Labute approximate surface area is 165 Å². The molecule has 152 valence electrons. The van der Waals surface area contributed by atoms with Crippen LogP contribution in [0.2, 0.25) is 0 Å². The van der Waals surface area contributed by atoms with E-state index in [9.17, 15) is 9.59 Å². The van der Waals surface area contributed by atoms with Crippen LogP contribution in [0.5, 0.6) is 5.75 Å². The number of aromatic nitrogens is 1. The number of nitrogens with one attached hydrogen (secondary N) is 1. The molecule has 7 heteroatoms. The van der Waals surface area contributed by atoms with Crippen LogP contribution in [0, 0.1) is 13.8 Å². The molecule has 0 aliphatic carbocycles. The lowest BCUT2D eigenvalue weighted by atomic mass is 10.1. The lowest BCUT2D eigenvalue weighted by Crippen LogP contribution is -2.46. The van der Waals surface area contributed by atoms with E-state index in [4.69, 9.17) is 14.0 Å². The van der Waals surface area contributed by atoms with Gasteiger partial charge in [0.15, 0.2) is 6.10 Å². The third-order valence-electron chi connectivity index (χ3n) is 4.01. The highest BCUT2D eigenvalue weighted by molar-refractivity contribution is 5.84. The van der Waals surface area contributed by atoms with Gasteiger partial charge in [-0.15, -0.1) is 0 Å². The average Bonchev–Trinajstić information content (AvgIpc) is 2.91. The van der Waals surface area contributed by atoms with Crippen molar-refractivity contribution in [2.24, 2.45) is 0 Å². The fourth-order valence-electron chi connectivity index (χ4n) is 2.50. The standard InChI is InChI=1S/C21H28N2O5/c1-13-18(14(2)28-23-13)12-26-17-9-7-16(8-10-17)11-19(24)27-15(3)20(25)22-21(4,5)6/h7-10,15H,11-12H2,1-6H3,(H,22,25)/t15-/m0/s1. The molecule has 1 aromatic heterocycles. The Hall–Kier alpha value is -2.83. The summed E-state index contributed by atoms with van der Waals surface area (Å²) in [5.74, 6) is 0.640. The van der Waals surface area contributed by atoms with Crippen molar-refractivity contribution in [3.05, 3.63) is 46.8 Å². The number of rotatable bonds is 7. The van der Waals surface area contributed by atoms with Crippen LogP contribution < -0.4 is 10.1 Å². The molecule has 0 saturated heterocycles. The SMILES string of the molecule is Cc1noc(C)c1COc1ccc(CC(=O)O[C@@H](C)C(=O)NC(C)(C)C)cc1. The van der Waals surface area contributed by atoms with E-state index in [1.807, 2.05) is 34.6 Å². The first-order valence-electron chi connectivity index (χ1n) is 9.20. The second kappa shape index (κ2) is 8.91. The van der Waals surface area contributed by atoms with Crippen LogP contribution in [-0.4, -0.2) is 28.7 Å². The van der Waals surface area contributed by atoms with Crippen molar-refractivity contribution in [3.8, 4) is 5.75 Å². The average molecular weight is 388 g/mol. The number of hydrogen-bond acceptors (Lipinski definition) is 6. The second-order valence-corrected chi connectivity index (χ2v) is 7.78. The number of ether oxygens (including phenoxy) is 2. The summed E-state index contributed by atoms with van der Waals surface area (Å²) in [7, 11) is 0. The van der Waals surface area contributed by atoms with Gasteiger partial charge >= 0.3 is 5.97 Å². The molecule has 7 nitrogen and oxygen atoms in total. The fraction of sp³-hybridized carbons (Fsp3) is 0.476. The van der Waals surface area contributed by atoms with Gasteiger partial charge in [0.1, 0.15) is 18.1 Å². The minimum Gasteiger partial charge on any atom is -0.489 e. The van der Waals surface area contributed by atoms with E-state index in [0.29, 0.717) is 12.4 Å². The zero-order chi connectivity index (χ0) is 20.9. The summed E-state index contributed by atoms with van der Waals surface area (Å²) in [5.41, 5.74) is 2.13. The van der Waals surface area contributed by atoms with E-state index in [2.05, 4.69) is 10.5 Å². The van der Waals surface area contributed by atoms with Crippen molar-refractivity contribution in [1.29, 1.82) is 0 Å². The molecule has 28 heavy (non-hydrogen) atoms. The van der Waals surface area contributed by atoms with Gasteiger partial charge in [0.05, 0.1) is 17.7 Å². The maximum Gasteiger partial charge on any atom is 0.311 e. The maximum atomic E-state index is 12.1. The number of carbonyl (C=O) groups excluding carboxylic acids is 2. The Balaban J connectivity index is 1.84. The van der Waals surface area contributed by atoms with Crippen molar-refractivity contribution < 1.29 is 23.6 Å². The highest BCUT2D eigenvalue weighted by Crippen LogP contribution is 2.18. The summed E-state index contributed by atoms with van der Waals surface area (Å²) < 4.78 is 16.1. The van der Waals surface area contributed by atoms with Gasteiger partial charge in [-0.25, -0.2) is 0 Å². The molecule has 1 heterocycles. The summed E-state index contributed by atoms with van der Waals surface area (Å²) in [6, 6.07) is 7.17. The molecule has 1 amide bonds. The first-order valence-corrected chi connectivity index (χ1v) is 9.20. The Kier molecular flexibility index (Phi) is 6.83. The molecule has 0 spiro atoms. The van der Waals surface area contributed by atoms with Crippen LogP contribution in [0.1, 0.15) is 50.3 Å². The van der Waals surface area contributed by atoms with Crippen molar-refractivity contribution in [2.45, 2.75) is 66.2 Å². The van der Waals surface area contributed by atoms with E-state index < -0.39 is 12.1 Å². The molecule has 2 rings (SSSR count). The van der Waals surface area contributed by atoms with Gasteiger partial charge in [0.2, 0.25) is 0 Å². The van der Waals surface area contributed by atoms with Gasteiger partial charge in [0, 0.05) is 5.54 Å². The number of hydrogen-bond donors (Lipinski definition) is 1. The number of benzene rings is 1. The van der Waals surface area contributed by atoms with E-state index in [0.717, 1.165) is 22.6 Å². The minimum absolute atomic E-state index is 0.0806. The molecule has 1 N–H and O–H groups in total. The molecule has 0 fully saturated rings. The van der Waals surface area contributed by atoms with Gasteiger partial charge < -0.3 is 19.3 Å². The van der Waals surface area contributed by atoms with Gasteiger partial charge in [-0.1, -0.05) is 17.3 Å². The molecule has 0 saturated carbocycles. The fourth-order valence-corrected chi connectivity index (χ4v) is 2.50. The summed E-state index contributed by atoms with van der Waals surface area (Å²) in [6.07, 6.45) is -0.763. The lowest BCUT2D eigenvalue weighted by Gasteiger charge is -2.23. The first kappa shape index (κ1) is 21.5. The van der Waals surface area contributed by atoms with Crippen molar-refractivity contribution in [2.75, 3.05) is 0 Å². The number of amides is 1. The summed E-state index contributed by atoms with van der Waals surface area (Å²) in [5, 5.41) is 6.68.